The van der Waals surface area contributed by atoms with Crippen LogP contribution in [0.15, 0.2) is 0 Å². The van der Waals surface area contributed by atoms with E-state index in [1.54, 1.807) is 0 Å². The van der Waals surface area contributed by atoms with Gasteiger partial charge in [-0.3, -0.25) is 0 Å². The highest BCUT2D eigenvalue weighted by Gasteiger charge is 2.66. The number of carboxylic acid groups (broad SMARTS) is 1. The molecular formula is C12H16F4O8. The number of aliphatic hydroxyl groups is 2. The van der Waals surface area contributed by atoms with Crippen molar-refractivity contribution in [2.24, 2.45) is 0 Å². The van der Waals surface area contributed by atoms with E-state index in [0.29, 0.717) is 0 Å². The van der Waals surface area contributed by atoms with Crippen LogP contribution in [0, 0.1) is 0 Å². The Morgan fingerprint density at radius 3 is 2.17 bits per heavy atom. The summed E-state index contributed by atoms with van der Waals surface area (Å²) in [5.74, 6) is -10.5. The van der Waals surface area contributed by atoms with Gasteiger partial charge in [-0.1, -0.05) is 0 Å². The zero-order valence-corrected chi connectivity index (χ0v) is 12.5. The third kappa shape index (κ3) is 2.97. The van der Waals surface area contributed by atoms with Crippen LogP contribution >= 0.6 is 0 Å². The molecule has 4 atom stereocenters. The van der Waals surface area contributed by atoms with Gasteiger partial charge in [-0.15, -0.1) is 0 Å². The van der Waals surface area contributed by atoms with Gasteiger partial charge in [0.15, 0.2) is 11.9 Å². The predicted octanol–water partition coefficient (Wildman–Crippen LogP) is -0.0861. The Morgan fingerprint density at radius 2 is 1.71 bits per heavy atom. The van der Waals surface area contributed by atoms with Gasteiger partial charge in [-0.25, -0.2) is 22.4 Å². The molecule has 2 fully saturated rings. The highest BCUT2D eigenvalue weighted by molar-refractivity contribution is 5.76. The monoisotopic (exact) mass is 364 g/mol. The number of aliphatic carboxylic acids is 1. The zero-order chi connectivity index (χ0) is 18.5. The molecule has 0 bridgehead atoms. The fraction of sp³-hybridized carbons (Fsp3) is 0.917. The van der Waals surface area contributed by atoms with Gasteiger partial charge in [0.05, 0.1) is 6.61 Å². The molecule has 12 heteroatoms. The summed E-state index contributed by atoms with van der Waals surface area (Å²) in [5.41, 5.74) is 0. The molecule has 0 aromatic carbocycles. The van der Waals surface area contributed by atoms with Crippen LogP contribution in [0.2, 0.25) is 0 Å². The van der Waals surface area contributed by atoms with Crippen LogP contribution in [-0.4, -0.2) is 76.4 Å². The minimum atomic E-state index is -3.82. The molecule has 0 spiro atoms. The average molecular weight is 364 g/mol. The van der Waals surface area contributed by atoms with Crippen LogP contribution in [0.5, 0.6) is 0 Å². The molecule has 2 aliphatic rings. The molecule has 2 aliphatic heterocycles. The van der Waals surface area contributed by atoms with Gasteiger partial charge < -0.3 is 34.3 Å². The van der Waals surface area contributed by atoms with Crippen LogP contribution in [-0.2, 0) is 23.7 Å². The summed E-state index contributed by atoms with van der Waals surface area (Å²) in [4.78, 5) is 11.3. The number of aliphatic hydroxyl groups excluding tert-OH is 1. The van der Waals surface area contributed by atoms with E-state index in [4.69, 9.17) is 14.6 Å². The lowest BCUT2D eigenvalue weighted by atomic mass is 9.98. The number of hydrogen-bond donors (Lipinski definition) is 3. The summed E-state index contributed by atoms with van der Waals surface area (Å²) in [5, 5.41) is 29.1. The van der Waals surface area contributed by atoms with Gasteiger partial charge in [-0.05, 0) is 13.8 Å². The number of hydrogen-bond acceptors (Lipinski definition) is 7. The number of halogens is 4. The van der Waals surface area contributed by atoms with Gasteiger partial charge in [0.2, 0.25) is 0 Å². The third-order valence-electron chi connectivity index (χ3n) is 3.59. The largest absolute Gasteiger partial charge is 0.477 e. The number of ether oxygens (including phenoxy) is 4. The van der Waals surface area contributed by atoms with E-state index < -0.39 is 61.1 Å². The molecule has 0 aromatic rings. The second-order valence-electron chi connectivity index (χ2n) is 5.83. The minimum Gasteiger partial charge on any atom is -0.477 e. The van der Waals surface area contributed by atoms with E-state index in [-0.39, 0.29) is 0 Å². The van der Waals surface area contributed by atoms with E-state index in [1.165, 1.54) is 13.8 Å². The molecule has 0 aromatic heterocycles. The maximum atomic E-state index is 13.1. The van der Waals surface area contributed by atoms with E-state index in [2.05, 4.69) is 9.47 Å². The molecule has 2 saturated heterocycles. The van der Waals surface area contributed by atoms with Crippen LogP contribution in [0.4, 0.5) is 17.6 Å². The van der Waals surface area contributed by atoms with Crippen molar-refractivity contribution in [2.75, 3.05) is 6.61 Å². The first-order valence-corrected chi connectivity index (χ1v) is 6.75. The molecular weight excluding hydrogens is 348 g/mol. The van der Waals surface area contributed by atoms with E-state index >= 15 is 0 Å². The molecule has 2 rings (SSSR count). The molecule has 0 radical (unpaired) electrons. The molecule has 0 unspecified atom stereocenters. The zero-order valence-electron chi connectivity index (χ0n) is 12.5. The molecule has 0 aliphatic carbocycles. The lowest BCUT2D eigenvalue weighted by Crippen LogP contribution is -2.66. The summed E-state index contributed by atoms with van der Waals surface area (Å²) >= 11 is 0. The third-order valence-corrected chi connectivity index (χ3v) is 3.59. The molecule has 3 N–H and O–H groups in total. The number of carboxylic acids is 1. The highest BCUT2D eigenvalue weighted by atomic mass is 19.3. The van der Waals surface area contributed by atoms with Crippen LogP contribution in [0.3, 0.4) is 0 Å². The number of carbonyl (C=O) groups is 1. The molecule has 24 heavy (non-hydrogen) atoms. The predicted molar refractivity (Wildman–Crippen MR) is 64.2 cm³/mol. The lowest BCUT2D eigenvalue weighted by Gasteiger charge is -2.44. The number of rotatable bonds is 4. The quantitative estimate of drug-likeness (QED) is 0.593. The maximum absolute atomic E-state index is 13.1. The van der Waals surface area contributed by atoms with Gasteiger partial charge in [0.1, 0.15) is 12.2 Å². The first-order chi connectivity index (χ1) is 10.9. The average Bonchev–Trinajstić information content (AvgIpc) is 2.70. The lowest BCUT2D eigenvalue weighted by molar-refractivity contribution is -0.407. The normalized spacial score (nSPS) is 38.7. The van der Waals surface area contributed by atoms with E-state index in [0.717, 1.165) is 0 Å². The Balaban J connectivity index is 2.39. The van der Waals surface area contributed by atoms with Gasteiger partial charge in [0.25, 0.3) is 24.4 Å². The van der Waals surface area contributed by atoms with Crippen molar-refractivity contribution in [3.8, 4) is 0 Å². The Kier molecular flexibility index (Phi) is 4.85. The minimum absolute atomic E-state index is 1.02. The van der Waals surface area contributed by atoms with Crippen LogP contribution in [0.25, 0.3) is 0 Å². The maximum Gasteiger partial charge on any atom is 0.367 e. The van der Waals surface area contributed by atoms with Crippen molar-refractivity contribution in [3.63, 3.8) is 0 Å². The Labute approximate surface area is 132 Å². The van der Waals surface area contributed by atoms with Crippen molar-refractivity contribution in [1.29, 1.82) is 0 Å². The summed E-state index contributed by atoms with van der Waals surface area (Å²) in [7, 11) is 0. The second kappa shape index (κ2) is 6.04. The smallest absolute Gasteiger partial charge is 0.367 e. The first kappa shape index (κ1) is 19.3. The van der Waals surface area contributed by atoms with Crippen molar-refractivity contribution in [3.05, 3.63) is 0 Å². The molecule has 8 nitrogen and oxygen atoms in total. The molecule has 140 valence electrons. The van der Waals surface area contributed by atoms with Crippen molar-refractivity contribution >= 4 is 5.97 Å². The van der Waals surface area contributed by atoms with Crippen molar-refractivity contribution in [1.82, 2.24) is 0 Å². The summed E-state index contributed by atoms with van der Waals surface area (Å²) in [6, 6.07) is 0. The SMILES string of the molecule is CC1(C)O[C@@H]([C@@H]2OC(C(F)F)(C(F)F)OC[C@@H]2O)[C@@](O)(C(=O)O)O1. The standard InChI is InChI=1S/C12H16F4O8/c1-10(2)23-6(11(20,24-10)9(18)19)5-4(17)3-21-12(22-5,7(13)14)8(15)16/h4-8,17,20H,3H2,1-2H3,(H,18,19)/t4-,5+,6-,11-/m0/s1. The van der Waals surface area contributed by atoms with Gasteiger partial charge in [0, 0.05) is 0 Å². The first-order valence-electron chi connectivity index (χ1n) is 6.75. The van der Waals surface area contributed by atoms with Gasteiger partial charge in [-0.2, -0.15) is 0 Å². The molecule has 0 amide bonds. The van der Waals surface area contributed by atoms with E-state index in [1.807, 2.05) is 0 Å². The van der Waals surface area contributed by atoms with Crippen LogP contribution < -0.4 is 0 Å². The molecule has 0 saturated carbocycles. The topological polar surface area (TPSA) is 115 Å². The Bertz CT molecular complexity index is 493. The second-order valence-corrected chi connectivity index (χ2v) is 5.83. The fourth-order valence-electron chi connectivity index (χ4n) is 2.52. The number of alkyl halides is 4. The molecule has 2 heterocycles. The van der Waals surface area contributed by atoms with Crippen molar-refractivity contribution in [2.45, 2.75) is 62.4 Å². The fourth-order valence-corrected chi connectivity index (χ4v) is 2.52. The summed E-state index contributed by atoms with van der Waals surface area (Å²) in [6.07, 6.45) is -13.6. The van der Waals surface area contributed by atoms with Gasteiger partial charge >= 0.3 is 5.97 Å². The summed E-state index contributed by atoms with van der Waals surface area (Å²) in [6.45, 7) is 1.37. The highest BCUT2D eigenvalue weighted by Crippen LogP contribution is 2.43. The Hall–Kier alpha value is -1.05. The summed E-state index contributed by atoms with van der Waals surface area (Å²) < 4.78 is 71.0. The Morgan fingerprint density at radius 1 is 1.17 bits per heavy atom. The van der Waals surface area contributed by atoms with Crippen molar-refractivity contribution < 1.29 is 56.6 Å². The van der Waals surface area contributed by atoms with E-state index in [9.17, 15) is 32.6 Å². The van der Waals surface area contributed by atoms with Crippen LogP contribution in [0.1, 0.15) is 13.8 Å².